The number of carbonyl (C=O) groups is 1. The Kier molecular flexibility index (Phi) is 8.86. The van der Waals surface area contributed by atoms with Crippen LogP contribution in [0.5, 0.6) is 11.5 Å². The molecule has 1 aromatic heterocycles. The van der Waals surface area contributed by atoms with Crippen molar-refractivity contribution < 1.29 is 32.9 Å². The van der Waals surface area contributed by atoms with Crippen LogP contribution >= 0.6 is 0 Å². The van der Waals surface area contributed by atoms with Crippen molar-refractivity contribution in [2.75, 3.05) is 34.9 Å². The van der Waals surface area contributed by atoms with Crippen molar-refractivity contribution in [3.8, 4) is 22.6 Å². The van der Waals surface area contributed by atoms with Crippen molar-refractivity contribution in [2.24, 2.45) is 0 Å². The number of carbonyl (C=O) groups excluding carboxylic acids is 1. The lowest BCUT2D eigenvalue weighted by molar-refractivity contribution is 0.0457. The van der Waals surface area contributed by atoms with Crippen LogP contribution in [0.1, 0.15) is 34.3 Å². The monoisotopic (exact) mass is 455 g/mol. The van der Waals surface area contributed by atoms with E-state index in [1.54, 1.807) is 14.2 Å². The first-order chi connectivity index (χ1) is 16.1. The van der Waals surface area contributed by atoms with Crippen LogP contribution < -0.4 is 9.47 Å². The van der Waals surface area contributed by atoms with Crippen LogP contribution in [-0.4, -0.2) is 45.9 Å². The van der Waals surface area contributed by atoms with Gasteiger partial charge in [0.1, 0.15) is 17.3 Å². The van der Waals surface area contributed by atoms with Crippen molar-refractivity contribution >= 4 is 5.97 Å². The van der Waals surface area contributed by atoms with Crippen LogP contribution in [0.25, 0.3) is 11.1 Å². The predicted octanol–water partition coefficient (Wildman–Crippen LogP) is 4.44. The number of hydrogen-bond acceptors (Lipinski definition) is 8. The molecule has 0 unspecified atom stereocenters. The molecule has 0 aliphatic carbocycles. The highest BCUT2D eigenvalue weighted by Crippen LogP contribution is 2.41. The summed E-state index contributed by atoms with van der Waals surface area (Å²) < 4.78 is 32.5. The van der Waals surface area contributed by atoms with Gasteiger partial charge in [0.25, 0.3) is 0 Å². The average Bonchev–Trinajstić information content (AvgIpc) is 3.33. The minimum absolute atomic E-state index is 0.0864. The predicted molar refractivity (Wildman–Crippen MR) is 122 cm³/mol. The number of hydrogen-bond donors (Lipinski definition) is 0. The van der Waals surface area contributed by atoms with Gasteiger partial charge < -0.3 is 28.1 Å². The van der Waals surface area contributed by atoms with Crippen molar-refractivity contribution in [3.05, 3.63) is 65.4 Å². The number of benzene rings is 2. The zero-order valence-corrected chi connectivity index (χ0v) is 19.4. The fourth-order valence-electron chi connectivity index (χ4n) is 3.75. The fourth-order valence-corrected chi connectivity index (χ4v) is 3.75. The number of methoxy groups -OCH3 is 3. The third-order valence-corrected chi connectivity index (χ3v) is 5.17. The molecular formula is C25H29NO7. The van der Waals surface area contributed by atoms with Crippen LogP contribution in [0.3, 0.4) is 0 Å². The largest absolute Gasteiger partial charge is 0.467 e. The van der Waals surface area contributed by atoms with Gasteiger partial charge in [0.05, 0.1) is 7.11 Å². The molecule has 33 heavy (non-hydrogen) atoms. The number of aryl methyl sites for hydroxylation is 1. The molecule has 0 aliphatic heterocycles. The molecule has 1 heterocycles. The summed E-state index contributed by atoms with van der Waals surface area (Å²) in [6, 6.07) is 11.9. The molecule has 0 saturated carbocycles. The van der Waals surface area contributed by atoms with Crippen molar-refractivity contribution in [3.63, 3.8) is 0 Å². The molecule has 0 fully saturated rings. The molecule has 0 amide bonds. The van der Waals surface area contributed by atoms with E-state index in [1.807, 2.05) is 36.4 Å². The van der Waals surface area contributed by atoms with E-state index < -0.39 is 5.97 Å². The van der Waals surface area contributed by atoms with E-state index in [4.69, 9.17) is 28.1 Å². The molecule has 3 rings (SSSR count). The minimum Gasteiger partial charge on any atom is -0.467 e. The number of oxazole rings is 1. The number of nitrogens with zero attached hydrogens (tertiary/aromatic N) is 1. The van der Waals surface area contributed by atoms with Crippen molar-refractivity contribution in [2.45, 2.75) is 26.2 Å². The van der Waals surface area contributed by atoms with Gasteiger partial charge in [0.2, 0.25) is 0 Å². The summed E-state index contributed by atoms with van der Waals surface area (Å²) in [5.41, 5.74) is 4.16. The standard InChI is InChI=1S/C25H29NO7/c1-5-18-19(11-12-20-24(25(27)30-4)26-14-31-20)23(17-9-7-6-8-10-17)22(33-16-29-3)13-21(18)32-15-28-2/h6-10,13-14H,5,11-12,15-16H2,1-4H3. The van der Waals surface area contributed by atoms with Crippen LogP contribution in [0.15, 0.2) is 47.2 Å². The zero-order chi connectivity index (χ0) is 23.6. The highest BCUT2D eigenvalue weighted by atomic mass is 16.7. The Labute approximate surface area is 193 Å². The molecule has 8 nitrogen and oxygen atoms in total. The molecule has 0 N–H and O–H groups in total. The third-order valence-electron chi connectivity index (χ3n) is 5.17. The molecule has 3 aromatic rings. The lowest BCUT2D eigenvalue weighted by Gasteiger charge is -2.22. The minimum atomic E-state index is -0.529. The summed E-state index contributed by atoms with van der Waals surface area (Å²) in [5.74, 6) is 1.24. The third kappa shape index (κ3) is 5.71. The van der Waals surface area contributed by atoms with Crippen molar-refractivity contribution in [1.29, 1.82) is 0 Å². The van der Waals surface area contributed by atoms with Crippen LogP contribution in [0.4, 0.5) is 0 Å². The highest BCUT2D eigenvalue weighted by Gasteiger charge is 2.23. The second kappa shape index (κ2) is 12.0. The maximum Gasteiger partial charge on any atom is 0.360 e. The van der Waals surface area contributed by atoms with Crippen LogP contribution in [0, 0.1) is 0 Å². The van der Waals surface area contributed by atoms with E-state index in [2.05, 4.69) is 11.9 Å². The molecule has 0 saturated heterocycles. The maximum absolute atomic E-state index is 12.1. The van der Waals surface area contributed by atoms with Crippen LogP contribution in [-0.2, 0) is 33.5 Å². The molecule has 0 aliphatic rings. The summed E-state index contributed by atoms with van der Waals surface area (Å²) in [6.45, 7) is 2.26. The number of ether oxygens (including phenoxy) is 5. The first kappa shape index (κ1) is 24.3. The van der Waals surface area contributed by atoms with Gasteiger partial charge in [0.15, 0.2) is 25.7 Å². The van der Waals surface area contributed by atoms with Gasteiger partial charge in [-0.15, -0.1) is 0 Å². The highest BCUT2D eigenvalue weighted by molar-refractivity contribution is 5.88. The SMILES string of the molecule is CCc1c(OCOC)cc(OCOC)c(-c2ccccc2)c1CCc1ocnc1C(=O)OC. The van der Waals surface area contributed by atoms with E-state index in [1.165, 1.54) is 13.5 Å². The van der Waals surface area contributed by atoms with Crippen LogP contribution in [0.2, 0.25) is 0 Å². The number of esters is 1. The topological polar surface area (TPSA) is 89.3 Å². The van der Waals surface area contributed by atoms with Gasteiger partial charge >= 0.3 is 5.97 Å². The van der Waals surface area contributed by atoms with Gasteiger partial charge in [-0.05, 0) is 29.5 Å². The van der Waals surface area contributed by atoms with Crippen molar-refractivity contribution in [1.82, 2.24) is 4.98 Å². The molecule has 0 spiro atoms. The van der Waals surface area contributed by atoms with E-state index in [0.717, 1.165) is 28.7 Å². The van der Waals surface area contributed by atoms with Gasteiger partial charge in [-0.25, -0.2) is 9.78 Å². The fraction of sp³-hybridized carbons (Fsp3) is 0.360. The zero-order valence-electron chi connectivity index (χ0n) is 19.4. The lowest BCUT2D eigenvalue weighted by atomic mass is 9.89. The molecule has 0 bridgehead atoms. The van der Waals surface area contributed by atoms with Gasteiger partial charge in [0, 0.05) is 32.3 Å². The summed E-state index contributed by atoms with van der Waals surface area (Å²) in [7, 11) is 4.47. The average molecular weight is 456 g/mol. The van der Waals surface area contributed by atoms with E-state index in [9.17, 15) is 4.79 Å². The first-order valence-corrected chi connectivity index (χ1v) is 10.6. The lowest BCUT2D eigenvalue weighted by Crippen LogP contribution is -2.10. The maximum atomic E-state index is 12.1. The normalized spacial score (nSPS) is 10.8. The molecule has 176 valence electrons. The second-order valence-electron chi connectivity index (χ2n) is 7.14. The Balaban J connectivity index is 2.13. The summed E-state index contributed by atoms with van der Waals surface area (Å²) >= 11 is 0. The number of aromatic nitrogens is 1. The Hall–Kier alpha value is -3.36. The van der Waals surface area contributed by atoms with E-state index in [-0.39, 0.29) is 19.3 Å². The number of rotatable bonds is 12. The Morgan fingerprint density at radius 1 is 0.939 bits per heavy atom. The molecular weight excluding hydrogens is 426 g/mol. The Morgan fingerprint density at radius 3 is 2.27 bits per heavy atom. The van der Waals surface area contributed by atoms with Gasteiger partial charge in [-0.1, -0.05) is 37.3 Å². The van der Waals surface area contributed by atoms with Gasteiger partial charge in [-0.2, -0.15) is 0 Å². The molecule has 8 heteroatoms. The summed E-state index contributed by atoms with van der Waals surface area (Å²) in [5, 5.41) is 0. The summed E-state index contributed by atoms with van der Waals surface area (Å²) in [6.07, 6.45) is 2.97. The quantitative estimate of drug-likeness (QED) is 0.293. The smallest absolute Gasteiger partial charge is 0.360 e. The second-order valence-corrected chi connectivity index (χ2v) is 7.14. The van der Waals surface area contributed by atoms with E-state index in [0.29, 0.717) is 30.1 Å². The van der Waals surface area contributed by atoms with Gasteiger partial charge in [-0.3, -0.25) is 0 Å². The Morgan fingerprint density at radius 2 is 1.64 bits per heavy atom. The molecule has 0 radical (unpaired) electrons. The van der Waals surface area contributed by atoms with E-state index >= 15 is 0 Å². The first-order valence-electron chi connectivity index (χ1n) is 10.6. The molecule has 2 aromatic carbocycles. The Bertz CT molecular complexity index is 1050. The molecule has 0 atom stereocenters. The summed E-state index contributed by atoms with van der Waals surface area (Å²) in [4.78, 5) is 16.1.